The smallest absolute Gasteiger partial charge is 0.136 e. The average Bonchev–Trinajstić information content (AvgIpc) is 3.10. The van der Waals surface area contributed by atoms with Gasteiger partial charge in [-0.2, -0.15) is 0 Å². The van der Waals surface area contributed by atoms with Crippen LogP contribution in [0.4, 0.5) is 0 Å². The van der Waals surface area contributed by atoms with Crippen molar-refractivity contribution in [2.75, 3.05) is 0 Å². The van der Waals surface area contributed by atoms with Crippen molar-refractivity contribution >= 4 is 17.0 Å². The van der Waals surface area contributed by atoms with Crippen LogP contribution in [0.5, 0.6) is 0 Å². The van der Waals surface area contributed by atoms with Gasteiger partial charge in [0.1, 0.15) is 11.3 Å². The van der Waals surface area contributed by atoms with Crippen LogP contribution in [0.25, 0.3) is 28.4 Å². The summed E-state index contributed by atoms with van der Waals surface area (Å²) < 4.78 is 6.05. The van der Waals surface area contributed by atoms with Crippen molar-refractivity contribution in [3.05, 3.63) is 65.2 Å². The maximum Gasteiger partial charge on any atom is 0.136 e. The largest absolute Gasteiger partial charge is 0.456 e. The Bertz CT molecular complexity index is 816. The van der Waals surface area contributed by atoms with Gasteiger partial charge in [-0.25, -0.2) is 0 Å². The molecule has 1 aliphatic carbocycles. The van der Waals surface area contributed by atoms with E-state index in [0.29, 0.717) is 5.92 Å². The third-order valence-corrected chi connectivity index (χ3v) is 4.35. The van der Waals surface area contributed by atoms with E-state index in [-0.39, 0.29) is 0 Å². The van der Waals surface area contributed by atoms with Crippen LogP contribution in [0.15, 0.2) is 58.5 Å². The molecule has 1 nitrogen and oxygen atoms in total. The topological polar surface area (TPSA) is 13.1 Å². The predicted octanol–water partition coefficient (Wildman–Crippen LogP) is 5.70. The minimum atomic E-state index is 0.598. The van der Waals surface area contributed by atoms with Gasteiger partial charge in [0.05, 0.1) is 0 Å². The normalized spacial score (nSPS) is 13.8. The van der Waals surface area contributed by atoms with E-state index in [4.69, 9.17) is 4.42 Å². The van der Waals surface area contributed by atoms with E-state index in [9.17, 15) is 0 Å². The number of rotatable bonds is 2. The summed E-state index contributed by atoms with van der Waals surface area (Å²) in [6.45, 7) is 4.52. The summed E-state index contributed by atoms with van der Waals surface area (Å²) in [5, 5.41) is 1.16. The number of furan rings is 1. The summed E-state index contributed by atoms with van der Waals surface area (Å²) in [6, 6.07) is 16.9. The predicted molar refractivity (Wildman–Crippen MR) is 88.2 cm³/mol. The molecule has 3 aromatic rings. The van der Waals surface area contributed by atoms with Crippen molar-refractivity contribution < 1.29 is 4.42 Å². The number of fused-ring (bicyclic) bond motifs is 2. The SMILES string of the molecule is CC(C)C1=Cc2c(cccc2-c2cc3ccccc3o2)C1. The maximum atomic E-state index is 6.05. The van der Waals surface area contributed by atoms with Gasteiger partial charge < -0.3 is 4.42 Å². The van der Waals surface area contributed by atoms with Crippen LogP contribution in [0.1, 0.15) is 25.0 Å². The van der Waals surface area contributed by atoms with Gasteiger partial charge in [-0.05, 0) is 35.6 Å². The van der Waals surface area contributed by atoms with Gasteiger partial charge in [0.25, 0.3) is 0 Å². The molecule has 0 aliphatic heterocycles. The highest BCUT2D eigenvalue weighted by molar-refractivity contribution is 5.86. The third kappa shape index (κ3) is 2.01. The maximum absolute atomic E-state index is 6.05. The number of para-hydroxylation sites is 1. The molecule has 0 bridgehead atoms. The lowest BCUT2D eigenvalue weighted by atomic mass is 10.0. The van der Waals surface area contributed by atoms with E-state index >= 15 is 0 Å². The summed E-state index contributed by atoms with van der Waals surface area (Å²) in [6.07, 6.45) is 3.42. The molecule has 0 amide bonds. The average molecular weight is 274 g/mol. The van der Waals surface area contributed by atoms with Gasteiger partial charge >= 0.3 is 0 Å². The summed E-state index contributed by atoms with van der Waals surface area (Å²) in [5.41, 5.74) is 6.42. The number of allylic oxidation sites excluding steroid dienone is 1. The van der Waals surface area contributed by atoms with Crippen molar-refractivity contribution in [2.45, 2.75) is 20.3 Å². The van der Waals surface area contributed by atoms with Crippen LogP contribution < -0.4 is 0 Å². The molecule has 1 aromatic heterocycles. The van der Waals surface area contributed by atoms with Crippen LogP contribution in [-0.2, 0) is 6.42 Å². The lowest BCUT2D eigenvalue weighted by Crippen LogP contribution is -1.92. The van der Waals surface area contributed by atoms with Gasteiger partial charge in [0, 0.05) is 10.9 Å². The fourth-order valence-corrected chi connectivity index (χ4v) is 3.09. The van der Waals surface area contributed by atoms with Gasteiger partial charge in [-0.3, -0.25) is 0 Å². The first-order valence-electron chi connectivity index (χ1n) is 7.53. The van der Waals surface area contributed by atoms with Gasteiger partial charge in [-0.1, -0.05) is 61.9 Å². The van der Waals surface area contributed by atoms with Gasteiger partial charge in [0.15, 0.2) is 0 Å². The second-order valence-corrected chi connectivity index (χ2v) is 6.08. The van der Waals surface area contributed by atoms with Crippen LogP contribution in [0, 0.1) is 5.92 Å². The Morgan fingerprint density at radius 2 is 1.86 bits per heavy atom. The monoisotopic (exact) mass is 274 g/mol. The standard InChI is InChI=1S/C20H18O/c1-13(2)16-10-14-7-5-8-17(18(14)11-16)20-12-15-6-3-4-9-19(15)21-20/h3-9,11-13H,10H2,1-2H3. The van der Waals surface area contributed by atoms with Crippen LogP contribution in [0.2, 0.25) is 0 Å². The Kier molecular flexibility index (Phi) is 2.75. The molecule has 0 fully saturated rings. The first-order chi connectivity index (χ1) is 10.2. The van der Waals surface area contributed by atoms with Crippen molar-refractivity contribution in [1.29, 1.82) is 0 Å². The molecule has 1 aliphatic rings. The zero-order valence-corrected chi connectivity index (χ0v) is 12.4. The Hall–Kier alpha value is -2.28. The molecule has 1 heterocycles. The molecule has 0 N–H and O–H groups in total. The molecule has 0 saturated carbocycles. The first kappa shape index (κ1) is 12.5. The fourth-order valence-electron chi connectivity index (χ4n) is 3.09. The molecule has 21 heavy (non-hydrogen) atoms. The third-order valence-electron chi connectivity index (χ3n) is 4.35. The Balaban J connectivity index is 1.89. The number of hydrogen-bond donors (Lipinski definition) is 0. The number of benzene rings is 2. The molecule has 1 heteroatoms. The van der Waals surface area contributed by atoms with Crippen molar-refractivity contribution in [3.63, 3.8) is 0 Å². The van der Waals surface area contributed by atoms with E-state index in [1.54, 1.807) is 0 Å². The lowest BCUT2D eigenvalue weighted by Gasteiger charge is -2.05. The van der Waals surface area contributed by atoms with Gasteiger partial charge in [-0.15, -0.1) is 0 Å². The zero-order valence-electron chi connectivity index (χ0n) is 12.4. The fraction of sp³-hybridized carbons (Fsp3) is 0.200. The highest BCUT2D eigenvalue weighted by Crippen LogP contribution is 2.37. The highest BCUT2D eigenvalue weighted by atomic mass is 16.3. The second kappa shape index (κ2) is 4.63. The summed E-state index contributed by atoms with van der Waals surface area (Å²) in [7, 11) is 0. The summed E-state index contributed by atoms with van der Waals surface area (Å²) in [4.78, 5) is 0. The lowest BCUT2D eigenvalue weighted by molar-refractivity contribution is 0.631. The van der Waals surface area contributed by atoms with Crippen LogP contribution >= 0.6 is 0 Å². The van der Waals surface area contributed by atoms with E-state index in [2.05, 4.69) is 50.3 Å². The van der Waals surface area contributed by atoms with E-state index in [0.717, 1.165) is 23.2 Å². The molecule has 0 atom stereocenters. The molecule has 104 valence electrons. The summed E-state index contributed by atoms with van der Waals surface area (Å²) in [5.74, 6) is 1.57. The van der Waals surface area contributed by atoms with Gasteiger partial charge in [0.2, 0.25) is 0 Å². The van der Waals surface area contributed by atoms with Crippen LogP contribution in [0.3, 0.4) is 0 Å². The second-order valence-electron chi connectivity index (χ2n) is 6.08. The van der Waals surface area contributed by atoms with Crippen molar-refractivity contribution in [3.8, 4) is 11.3 Å². The minimum Gasteiger partial charge on any atom is -0.456 e. The molecular formula is C20H18O. The Morgan fingerprint density at radius 3 is 2.67 bits per heavy atom. The highest BCUT2D eigenvalue weighted by Gasteiger charge is 2.19. The minimum absolute atomic E-state index is 0.598. The first-order valence-corrected chi connectivity index (χ1v) is 7.53. The zero-order chi connectivity index (χ0) is 14.4. The van der Waals surface area contributed by atoms with E-state index < -0.39 is 0 Å². The molecule has 4 rings (SSSR count). The van der Waals surface area contributed by atoms with Crippen LogP contribution in [-0.4, -0.2) is 0 Å². The summed E-state index contributed by atoms with van der Waals surface area (Å²) >= 11 is 0. The Morgan fingerprint density at radius 1 is 1.00 bits per heavy atom. The van der Waals surface area contributed by atoms with E-state index in [1.165, 1.54) is 22.3 Å². The van der Waals surface area contributed by atoms with Crippen molar-refractivity contribution in [1.82, 2.24) is 0 Å². The Labute approximate surface area is 124 Å². The molecular weight excluding hydrogens is 256 g/mol. The molecule has 0 unspecified atom stereocenters. The number of hydrogen-bond acceptors (Lipinski definition) is 1. The molecule has 0 spiro atoms. The molecule has 2 aromatic carbocycles. The van der Waals surface area contributed by atoms with E-state index in [1.807, 2.05) is 18.2 Å². The molecule has 0 saturated heterocycles. The van der Waals surface area contributed by atoms with Crippen molar-refractivity contribution in [2.24, 2.45) is 5.92 Å². The molecule has 0 radical (unpaired) electrons. The quantitative estimate of drug-likeness (QED) is 0.584.